The van der Waals surface area contributed by atoms with E-state index in [9.17, 15) is 18.0 Å². The highest BCUT2D eigenvalue weighted by molar-refractivity contribution is 7.90. The molecule has 1 saturated heterocycles. The van der Waals surface area contributed by atoms with Gasteiger partial charge in [-0.05, 0) is 24.8 Å². The lowest BCUT2D eigenvalue weighted by molar-refractivity contribution is -0.133. The first-order valence-corrected chi connectivity index (χ1v) is 13.6. The van der Waals surface area contributed by atoms with E-state index in [4.69, 9.17) is 5.73 Å². The molecule has 2 fully saturated rings. The van der Waals surface area contributed by atoms with E-state index in [-0.39, 0.29) is 30.0 Å². The summed E-state index contributed by atoms with van der Waals surface area (Å²) in [6.07, 6.45) is 4.93. The first kappa shape index (κ1) is 24.7. The first-order chi connectivity index (χ1) is 15.2. The van der Waals surface area contributed by atoms with Crippen LogP contribution in [0.1, 0.15) is 37.7 Å². The minimum atomic E-state index is -3.24. The second kappa shape index (κ2) is 11.2. The van der Waals surface area contributed by atoms with Crippen molar-refractivity contribution in [3.05, 3.63) is 35.9 Å². The van der Waals surface area contributed by atoms with Gasteiger partial charge < -0.3 is 11.1 Å². The van der Waals surface area contributed by atoms with Crippen molar-refractivity contribution in [2.45, 2.75) is 50.7 Å². The molecule has 1 heterocycles. The molecule has 178 valence electrons. The number of piperazine rings is 1. The zero-order chi connectivity index (χ0) is 23.1. The summed E-state index contributed by atoms with van der Waals surface area (Å²) in [5.41, 5.74) is 6.74. The fourth-order valence-corrected chi connectivity index (χ4v) is 5.51. The van der Waals surface area contributed by atoms with Gasteiger partial charge in [-0.25, -0.2) is 8.42 Å². The van der Waals surface area contributed by atoms with Crippen LogP contribution in [-0.2, 0) is 26.0 Å². The van der Waals surface area contributed by atoms with Crippen LogP contribution in [0.4, 0.5) is 0 Å². The summed E-state index contributed by atoms with van der Waals surface area (Å²) in [5.74, 6) is -1.26. The van der Waals surface area contributed by atoms with E-state index in [0.29, 0.717) is 0 Å². The summed E-state index contributed by atoms with van der Waals surface area (Å²) < 4.78 is 22.9. The molecule has 3 rings (SSSR count). The molecule has 32 heavy (non-hydrogen) atoms. The van der Waals surface area contributed by atoms with E-state index in [2.05, 4.69) is 39.4 Å². The highest BCUT2D eigenvalue weighted by Crippen LogP contribution is 2.30. The molecule has 0 radical (unpaired) electrons. The van der Waals surface area contributed by atoms with Crippen LogP contribution in [0, 0.1) is 5.92 Å². The van der Waals surface area contributed by atoms with E-state index in [1.807, 2.05) is 6.07 Å². The largest absolute Gasteiger partial charge is 0.368 e. The first-order valence-electron chi connectivity index (χ1n) is 11.5. The summed E-state index contributed by atoms with van der Waals surface area (Å²) in [4.78, 5) is 29.8. The smallest absolute Gasteiger partial charge is 0.240 e. The third kappa shape index (κ3) is 7.28. The SMILES string of the molecule is CS(=O)(=O)CCC(NC(=O)C1CCCCC1N1CCN(Cc2ccccc2)CC1)C(N)=O. The quantitative estimate of drug-likeness (QED) is 0.558. The number of sulfone groups is 1. The molecule has 2 amide bonds. The van der Waals surface area contributed by atoms with Gasteiger partial charge in [0, 0.05) is 45.0 Å². The molecule has 3 atom stereocenters. The Morgan fingerprint density at radius 2 is 1.75 bits per heavy atom. The molecule has 1 aromatic carbocycles. The highest BCUT2D eigenvalue weighted by atomic mass is 32.2. The molecule has 1 saturated carbocycles. The van der Waals surface area contributed by atoms with Crippen LogP contribution in [-0.4, -0.2) is 80.3 Å². The average Bonchev–Trinajstić information content (AvgIpc) is 2.77. The van der Waals surface area contributed by atoms with Crippen molar-refractivity contribution in [1.82, 2.24) is 15.1 Å². The van der Waals surface area contributed by atoms with E-state index in [1.54, 1.807) is 0 Å². The number of hydrogen-bond donors (Lipinski definition) is 2. The van der Waals surface area contributed by atoms with Gasteiger partial charge in [0.2, 0.25) is 11.8 Å². The lowest BCUT2D eigenvalue weighted by Crippen LogP contribution is -2.56. The molecular formula is C23H36N4O4S. The molecule has 1 aliphatic heterocycles. The van der Waals surface area contributed by atoms with Gasteiger partial charge in [-0.15, -0.1) is 0 Å². The Bertz CT molecular complexity index is 869. The summed E-state index contributed by atoms with van der Waals surface area (Å²) in [6.45, 7) is 4.67. The minimum Gasteiger partial charge on any atom is -0.368 e. The maximum Gasteiger partial charge on any atom is 0.240 e. The zero-order valence-electron chi connectivity index (χ0n) is 18.9. The normalized spacial score (nSPS) is 24.0. The topological polar surface area (TPSA) is 113 Å². The van der Waals surface area contributed by atoms with Crippen LogP contribution in [0.15, 0.2) is 30.3 Å². The molecule has 0 bridgehead atoms. The molecule has 9 heteroatoms. The van der Waals surface area contributed by atoms with E-state index in [1.165, 1.54) is 5.56 Å². The van der Waals surface area contributed by atoms with Gasteiger partial charge in [0.1, 0.15) is 15.9 Å². The second-order valence-electron chi connectivity index (χ2n) is 9.14. The monoisotopic (exact) mass is 464 g/mol. The average molecular weight is 465 g/mol. The van der Waals surface area contributed by atoms with Crippen molar-refractivity contribution in [1.29, 1.82) is 0 Å². The van der Waals surface area contributed by atoms with Crippen molar-refractivity contribution >= 4 is 21.7 Å². The van der Waals surface area contributed by atoms with Gasteiger partial charge in [-0.1, -0.05) is 43.2 Å². The lowest BCUT2D eigenvalue weighted by Gasteiger charge is -2.44. The van der Waals surface area contributed by atoms with Gasteiger partial charge in [0.15, 0.2) is 0 Å². The van der Waals surface area contributed by atoms with E-state index in [0.717, 1.165) is 64.7 Å². The van der Waals surface area contributed by atoms with Gasteiger partial charge in [-0.3, -0.25) is 19.4 Å². The summed E-state index contributed by atoms with van der Waals surface area (Å²) in [5, 5.41) is 2.75. The van der Waals surface area contributed by atoms with E-state index < -0.39 is 21.8 Å². The minimum absolute atomic E-state index is 0.00938. The van der Waals surface area contributed by atoms with Crippen molar-refractivity contribution in [3.8, 4) is 0 Å². The Balaban J connectivity index is 1.56. The Morgan fingerprint density at radius 1 is 1.09 bits per heavy atom. The van der Waals surface area contributed by atoms with Crippen LogP contribution in [0.5, 0.6) is 0 Å². The maximum atomic E-state index is 13.1. The summed E-state index contributed by atoms with van der Waals surface area (Å²) in [7, 11) is -3.24. The second-order valence-corrected chi connectivity index (χ2v) is 11.4. The molecule has 1 aromatic rings. The maximum absolute atomic E-state index is 13.1. The molecule has 0 aromatic heterocycles. The van der Waals surface area contributed by atoms with Crippen LogP contribution in [0.3, 0.4) is 0 Å². The summed E-state index contributed by atoms with van der Waals surface area (Å²) in [6, 6.07) is 9.63. The number of amides is 2. The molecule has 1 aliphatic carbocycles. The van der Waals surface area contributed by atoms with Gasteiger partial charge >= 0.3 is 0 Å². The van der Waals surface area contributed by atoms with Crippen LogP contribution < -0.4 is 11.1 Å². The zero-order valence-corrected chi connectivity index (χ0v) is 19.7. The van der Waals surface area contributed by atoms with Gasteiger partial charge in [0.05, 0.1) is 11.7 Å². The van der Waals surface area contributed by atoms with Crippen molar-refractivity contribution in [3.63, 3.8) is 0 Å². The molecule has 3 unspecified atom stereocenters. The number of nitrogens with two attached hydrogens (primary N) is 1. The van der Waals surface area contributed by atoms with Crippen molar-refractivity contribution in [2.75, 3.05) is 38.2 Å². The third-order valence-electron chi connectivity index (χ3n) is 6.63. The number of carbonyl (C=O) groups is 2. The van der Waals surface area contributed by atoms with Crippen molar-refractivity contribution in [2.24, 2.45) is 11.7 Å². The predicted molar refractivity (Wildman–Crippen MR) is 124 cm³/mol. The Kier molecular flexibility index (Phi) is 8.67. The number of nitrogens with zero attached hydrogens (tertiary/aromatic N) is 2. The lowest BCUT2D eigenvalue weighted by atomic mass is 9.82. The highest BCUT2D eigenvalue weighted by Gasteiger charge is 2.37. The Morgan fingerprint density at radius 3 is 2.38 bits per heavy atom. The van der Waals surface area contributed by atoms with Crippen LogP contribution in [0.2, 0.25) is 0 Å². The molecule has 0 spiro atoms. The number of rotatable bonds is 9. The van der Waals surface area contributed by atoms with Crippen LogP contribution in [0.25, 0.3) is 0 Å². The summed E-state index contributed by atoms with van der Waals surface area (Å²) >= 11 is 0. The number of nitrogens with one attached hydrogen (secondary N) is 1. The number of hydrogen-bond acceptors (Lipinski definition) is 6. The molecular weight excluding hydrogens is 428 g/mol. The third-order valence-corrected chi connectivity index (χ3v) is 7.61. The molecule has 8 nitrogen and oxygen atoms in total. The van der Waals surface area contributed by atoms with Gasteiger partial charge in [-0.2, -0.15) is 0 Å². The predicted octanol–water partition coefficient (Wildman–Crippen LogP) is 0.768. The van der Waals surface area contributed by atoms with E-state index >= 15 is 0 Å². The number of benzene rings is 1. The number of primary amides is 1. The standard InChI is InChI=1S/C23H36N4O4S/c1-32(30,31)16-11-20(22(24)28)25-23(29)19-9-5-6-10-21(19)27-14-12-26(13-15-27)17-18-7-3-2-4-8-18/h2-4,7-8,19-21H,5-6,9-17H2,1H3,(H2,24,28)(H,25,29). The Hall–Kier alpha value is -1.97. The number of carbonyl (C=O) groups excluding carboxylic acids is 2. The fraction of sp³-hybridized carbons (Fsp3) is 0.652. The Labute approximate surface area is 191 Å². The van der Waals surface area contributed by atoms with Gasteiger partial charge in [0.25, 0.3) is 0 Å². The fourth-order valence-electron chi connectivity index (χ4n) is 4.85. The molecule has 2 aliphatic rings. The molecule has 3 N–H and O–H groups in total. The van der Waals surface area contributed by atoms with Crippen LogP contribution >= 0.6 is 0 Å². The van der Waals surface area contributed by atoms with Crippen molar-refractivity contribution < 1.29 is 18.0 Å².